The molecule has 0 spiro atoms. The summed E-state index contributed by atoms with van der Waals surface area (Å²) in [7, 11) is 1.47. The largest absolute Gasteiger partial charge is 0.481 e. The molecule has 2 rings (SSSR count). The minimum absolute atomic E-state index is 0.124. The molecule has 0 saturated carbocycles. The van der Waals surface area contributed by atoms with Crippen molar-refractivity contribution in [1.82, 2.24) is 4.90 Å². The molecule has 1 N–H and O–H groups in total. The van der Waals surface area contributed by atoms with E-state index in [1.165, 1.54) is 7.11 Å². The van der Waals surface area contributed by atoms with Gasteiger partial charge in [-0.05, 0) is 11.6 Å². The molecule has 1 atom stereocenters. The molecule has 1 aromatic carbocycles. The molecule has 0 aliphatic carbocycles. The van der Waals surface area contributed by atoms with Gasteiger partial charge in [-0.2, -0.15) is 0 Å². The van der Waals surface area contributed by atoms with E-state index in [-0.39, 0.29) is 19.6 Å². The van der Waals surface area contributed by atoms with Crippen LogP contribution in [0, 0.1) is 0 Å². The van der Waals surface area contributed by atoms with E-state index < -0.39 is 23.7 Å². The van der Waals surface area contributed by atoms with Crippen molar-refractivity contribution < 1.29 is 24.2 Å². The topological polar surface area (TPSA) is 83.9 Å². The number of hydrogen-bond acceptors (Lipinski definition) is 4. The molecule has 0 radical (unpaired) electrons. The molecule has 1 aliphatic rings. The number of imide groups is 1. The quantitative estimate of drug-likeness (QED) is 0.807. The van der Waals surface area contributed by atoms with Crippen molar-refractivity contribution in [1.29, 1.82) is 0 Å². The first kappa shape index (κ1) is 14.2. The van der Waals surface area contributed by atoms with E-state index in [1.54, 1.807) is 24.3 Å². The predicted octanol–water partition coefficient (Wildman–Crippen LogP) is 0.874. The number of aliphatic carboxylic acids is 1. The Kier molecular flexibility index (Phi) is 4.14. The Balaban J connectivity index is 2.41. The lowest BCUT2D eigenvalue weighted by molar-refractivity contribution is -0.141. The fourth-order valence-corrected chi connectivity index (χ4v) is 2.33. The smallest absolute Gasteiger partial charge is 0.304 e. The van der Waals surface area contributed by atoms with Crippen LogP contribution in [-0.2, 0) is 14.3 Å². The third-order valence-corrected chi connectivity index (χ3v) is 3.27. The molecule has 0 aromatic heterocycles. The number of carboxylic acids is 1. The van der Waals surface area contributed by atoms with Crippen LogP contribution in [0.15, 0.2) is 24.3 Å². The fourth-order valence-electron chi connectivity index (χ4n) is 2.33. The number of benzene rings is 1. The number of nitrogens with zero attached hydrogens (tertiary/aromatic N) is 1. The number of hydrogen-bond donors (Lipinski definition) is 1. The van der Waals surface area contributed by atoms with E-state index in [9.17, 15) is 14.4 Å². The molecular weight excluding hydrogens is 262 g/mol. The molecule has 0 saturated heterocycles. The van der Waals surface area contributed by atoms with E-state index in [0.29, 0.717) is 11.1 Å². The average Bonchev–Trinajstić information content (AvgIpc) is 2.43. The predicted molar refractivity (Wildman–Crippen MR) is 69.4 cm³/mol. The number of fused-ring (bicyclic) bond motifs is 1. The zero-order valence-electron chi connectivity index (χ0n) is 11.0. The Labute approximate surface area is 115 Å². The Morgan fingerprint density at radius 3 is 2.70 bits per heavy atom. The van der Waals surface area contributed by atoms with Crippen LogP contribution in [0.5, 0.6) is 0 Å². The first-order valence-electron chi connectivity index (χ1n) is 6.21. The van der Waals surface area contributed by atoms with E-state index >= 15 is 0 Å². The van der Waals surface area contributed by atoms with Crippen molar-refractivity contribution >= 4 is 17.8 Å². The van der Waals surface area contributed by atoms with Crippen LogP contribution in [0.25, 0.3) is 0 Å². The highest BCUT2D eigenvalue weighted by atomic mass is 16.5. The van der Waals surface area contributed by atoms with Crippen molar-refractivity contribution in [3.63, 3.8) is 0 Å². The Hall–Kier alpha value is -2.21. The highest BCUT2D eigenvalue weighted by molar-refractivity contribution is 6.12. The van der Waals surface area contributed by atoms with Gasteiger partial charge in [-0.15, -0.1) is 0 Å². The lowest BCUT2D eigenvalue weighted by atomic mass is 9.86. The maximum absolute atomic E-state index is 12.3. The van der Waals surface area contributed by atoms with Gasteiger partial charge in [0.2, 0.25) is 5.91 Å². The van der Waals surface area contributed by atoms with Crippen molar-refractivity contribution in [2.75, 3.05) is 20.3 Å². The van der Waals surface area contributed by atoms with Gasteiger partial charge in [-0.25, -0.2) is 0 Å². The van der Waals surface area contributed by atoms with Gasteiger partial charge in [0, 0.05) is 12.7 Å². The summed E-state index contributed by atoms with van der Waals surface area (Å²) in [5, 5.41) is 8.96. The normalized spacial score (nSPS) is 18.1. The van der Waals surface area contributed by atoms with E-state index in [1.807, 2.05) is 0 Å². The van der Waals surface area contributed by atoms with Crippen LogP contribution >= 0.6 is 0 Å². The molecule has 106 valence electrons. The highest BCUT2D eigenvalue weighted by Gasteiger charge is 2.39. The lowest BCUT2D eigenvalue weighted by Crippen LogP contribution is -2.46. The van der Waals surface area contributed by atoms with Crippen LogP contribution < -0.4 is 0 Å². The van der Waals surface area contributed by atoms with Gasteiger partial charge in [0.05, 0.1) is 25.5 Å². The maximum atomic E-state index is 12.3. The molecule has 0 bridgehead atoms. The standard InChI is InChI=1S/C14H15NO5/c1-20-7-6-15-13(18)10-5-3-2-4-9(10)11(14(15)19)8-12(16)17/h2-5,11H,6-8H2,1H3,(H,16,17). The van der Waals surface area contributed by atoms with Crippen LogP contribution in [0.3, 0.4) is 0 Å². The van der Waals surface area contributed by atoms with Gasteiger partial charge in [-0.1, -0.05) is 18.2 Å². The van der Waals surface area contributed by atoms with Crippen LogP contribution in [-0.4, -0.2) is 48.1 Å². The van der Waals surface area contributed by atoms with Crippen LogP contribution in [0.2, 0.25) is 0 Å². The van der Waals surface area contributed by atoms with Gasteiger partial charge in [0.25, 0.3) is 5.91 Å². The first-order chi connectivity index (χ1) is 9.56. The van der Waals surface area contributed by atoms with Gasteiger partial charge in [-0.3, -0.25) is 19.3 Å². The zero-order chi connectivity index (χ0) is 14.7. The van der Waals surface area contributed by atoms with E-state index in [0.717, 1.165) is 4.90 Å². The number of carboxylic acid groups (broad SMARTS) is 1. The molecule has 1 unspecified atom stereocenters. The summed E-state index contributed by atoms with van der Waals surface area (Å²) >= 11 is 0. The Bertz CT molecular complexity index is 554. The first-order valence-corrected chi connectivity index (χ1v) is 6.21. The molecule has 20 heavy (non-hydrogen) atoms. The summed E-state index contributed by atoms with van der Waals surface area (Å²) in [6.45, 7) is 0.345. The number of carbonyl (C=O) groups is 3. The minimum atomic E-state index is -1.07. The van der Waals surface area contributed by atoms with Gasteiger partial charge in [0.15, 0.2) is 0 Å². The molecule has 2 amide bonds. The fraction of sp³-hybridized carbons (Fsp3) is 0.357. The van der Waals surface area contributed by atoms with Crippen molar-refractivity contribution in [3.8, 4) is 0 Å². The number of amides is 2. The summed E-state index contributed by atoms with van der Waals surface area (Å²) in [5.74, 6) is -2.77. The van der Waals surface area contributed by atoms with Gasteiger partial charge < -0.3 is 9.84 Å². The molecule has 1 aliphatic heterocycles. The van der Waals surface area contributed by atoms with Gasteiger partial charge >= 0.3 is 5.97 Å². The second-order valence-corrected chi connectivity index (χ2v) is 4.53. The molecule has 1 heterocycles. The lowest BCUT2D eigenvalue weighted by Gasteiger charge is -2.31. The van der Waals surface area contributed by atoms with E-state index in [4.69, 9.17) is 9.84 Å². The summed E-state index contributed by atoms with van der Waals surface area (Å²) in [5.41, 5.74) is 0.869. The third-order valence-electron chi connectivity index (χ3n) is 3.27. The minimum Gasteiger partial charge on any atom is -0.481 e. The molecule has 0 fully saturated rings. The summed E-state index contributed by atoms with van der Waals surface area (Å²) < 4.78 is 4.88. The molecule has 6 nitrogen and oxygen atoms in total. The molecule has 1 aromatic rings. The summed E-state index contributed by atoms with van der Waals surface area (Å²) in [4.78, 5) is 36.6. The Morgan fingerprint density at radius 2 is 2.05 bits per heavy atom. The number of rotatable bonds is 5. The number of methoxy groups -OCH3 is 1. The number of carbonyl (C=O) groups excluding carboxylic acids is 2. The highest BCUT2D eigenvalue weighted by Crippen LogP contribution is 2.31. The Morgan fingerprint density at radius 1 is 1.35 bits per heavy atom. The molecular formula is C14H15NO5. The van der Waals surface area contributed by atoms with Crippen LogP contribution in [0.1, 0.15) is 28.3 Å². The van der Waals surface area contributed by atoms with Crippen molar-refractivity contribution in [2.45, 2.75) is 12.3 Å². The maximum Gasteiger partial charge on any atom is 0.304 e. The van der Waals surface area contributed by atoms with Gasteiger partial charge in [0.1, 0.15) is 0 Å². The average molecular weight is 277 g/mol. The number of ether oxygens (including phenoxy) is 1. The summed E-state index contributed by atoms with van der Waals surface area (Å²) in [6, 6.07) is 6.63. The van der Waals surface area contributed by atoms with Crippen molar-refractivity contribution in [2.24, 2.45) is 0 Å². The summed E-state index contributed by atoms with van der Waals surface area (Å²) in [6.07, 6.45) is -0.327. The van der Waals surface area contributed by atoms with Crippen molar-refractivity contribution in [3.05, 3.63) is 35.4 Å². The molecule has 6 heteroatoms. The third kappa shape index (κ3) is 2.55. The van der Waals surface area contributed by atoms with Crippen LogP contribution in [0.4, 0.5) is 0 Å². The second-order valence-electron chi connectivity index (χ2n) is 4.53. The SMILES string of the molecule is COCCN1C(=O)c2ccccc2C(CC(=O)O)C1=O. The zero-order valence-corrected chi connectivity index (χ0v) is 11.0. The monoisotopic (exact) mass is 277 g/mol. The van der Waals surface area contributed by atoms with E-state index in [2.05, 4.69) is 0 Å². The second kappa shape index (κ2) is 5.83.